The van der Waals surface area contributed by atoms with Gasteiger partial charge in [0, 0.05) is 37.3 Å². The first-order valence-electron chi connectivity index (χ1n) is 6.02. The Hall–Kier alpha value is -1.43. The summed E-state index contributed by atoms with van der Waals surface area (Å²) in [7, 11) is 0. The summed E-state index contributed by atoms with van der Waals surface area (Å²) < 4.78 is 0.824. The fourth-order valence-electron chi connectivity index (χ4n) is 1.64. The minimum Gasteiger partial charge on any atom is -0.370 e. The largest absolute Gasteiger partial charge is 0.370 e. The molecule has 0 saturated carbocycles. The van der Waals surface area contributed by atoms with E-state index in [0.717, 1.165) is 47.7 Å². The molecule has 96 valence electrons. The molecule has 0 radical (unpaired) electrons. The fraction of sp³-hybridized carbons (Fsp3) is 0.417. The minimum atomic E-state index is 0.817. The highest BCUT2D eigenvalue weighted by Gasteiger charge is 2.02. The Bertz CT molecular complexity index is 483. The summed E-state index contributed by atoms with van der Waals surface area (Å²) in [4.78, 5) is 15.9. The third-order valence-electron chi connectivity index (χ3n) is 2.47. The predicted octanol–water partition coefficient (Wildman–Crippen LogP) is 2.57. The molecule has 0 aliphatic rings. The SMILES string of the molecule is CCCc1nc(Br)cc(NCCc2cnc[nH]2)n1. The van der Waals surface area contributed by atoms with Crippen LogP contribution in [0.15, 0.2) is 23.2 Å². The molecule has 0 aromatic carbocycles. The van der Waals surface area contributed by atoms with Gasteiger partial charge < -0.3 is 10.3 Å². The Kier molecular flexibility index (Phi) is 4.69. The normalized spacial score (nSPS) is 10.6. The maximum Gasteiger partial charge on any atom is 0.132 e. The highest BCUT2D eigenvalue weighted by atomic mass is 79.9. The Morgan fingerprint density at radius 1 is 1.33 bits per heavy atom. The maximum absolute atomic E-state index is 4.46. The molecule has 0 amide bonds. The van der Waals surface area contributed by atoms with E-state index < -0.39 is 0 Å². The average Bonchev–Trinajstić information content (AvgIpc) is 2.82. The Morgan fingerprint density at radius 3 is 2.94 bits per heavy atom. The first-order valence-corrected chi connectivity index (χ1v) is 6.82. The van der Waals surface area contributed by atoms with E-state index in [0.29, 0.717) is 0 Å². The lowest BCUT2D eigenvalue weighted by atomic mass is 10.3. The molecule has 2 aromatic rings. The van der Waals surface area contributed by atoms with Crippen LogP contribution >= 0.6 is 15.9 Å². The molecule has 0 aliphatic carbocycles. The van der Waals surface area contributed by atoms with E-state index in [9.17, 15) is 0 Å². The molecule has 2 heterocycles. The van der Waals surface area contributed by atoms with Crippen LogP contribution < -0.4 is 5.32 Å². The number of halogens is 1. The van der Waals surface area contributed by atoms with Gasteiger partial charge >= 0.3 is 0 Å². The number of aromatic amines is 1. The topological polar surface area (TPSA) is 66.5 Å². The van der Waals surface area contributed by atoms with E-state index in [1.54, 1.807) is 6.33 Å². The summed E-state index contributed by atoms with van der Waals surface area (Å²) in [5, 5.41) is 3.29. The third kappa shape index (κ3) is 3.80. The van der Waals surface area contributed by atoms with Crippen molar-refractivity contribution in [3.05, 3.63) is 34.7 Å². The fourth-order valence-corrected chi connectivity index (χ4v) is 2.06. The quantitative estimate of drug-likeness (QED) is 0.805. The molecule has 0 atom stereocenters. The monoisotopic (exact) mass is 309 g/mol. The number of imidazole rings is 1. The zero-order valence-electron chi connectivity index (χ0n) is 10.3. The lowest BCUT2D eigenvalue weighted by Crippen LogP contribution is -2.08. The summed E-state index contributed by atoms with van der Waals surface area (Å²) in [5.74, 6) is 1.73. The Balaban J connectivity index is 1.92. The second kappa shape index (κ2) is 6.49. The zero-order valence-corrected chi connectivity index (χ0v) is 11.9. The van der Waals surface area contributed by atoms with Crippen LogP contribution in [0.1, 0.15) is 24.9 Å². The second-order valence-corrected chi connectivity index (χ2v) is 4.81. The molecule has 2 rings (SSSR count). The van der Waals surface area contributed by atoms with Crippen molar-refractivity contribution in [3.63, 3.8) is 0 Å². The van der Waals surface area contributed by atoms with Gasteiger partial charge in [-0.05, 0) is 22.4 Å². The van der Waals surface area contributed by atoms with E-state index in [1.165, 1.54) is 0 Å². The van der Waals surface area contributed by atoms with Crippen molar-refractivity contribution in [2.45, 2.75) is 26.2 Å². The summed E-state index contributed by atoms with van der Waals surface area (Å²) in [6.45, 7) is 2.94. The van der Waals surface area contributed by atoms with Crippen LogP contribution in [0.25, 0.3) is 0 Å². The van der Waals surface area contributed by atoms with E-state index in [2.05, 4.69) is 48.1 Å². The minimum absolute atomic E-state index is 0.817. The van der Waals surface area contributed by atoms with Gasteiger partial charge in [-0.15, -0.1) is 0 Å². The Morgan fingerprint density at radius 2 is 2.22 bits per heavy atom. The standard InChI is InChI=1S/C12H16BrN5/c1-2-3-11-17-10(13)6-12(18-11)15-5-4-9-7-14-8-16-9/h6-8H,2-5H2,1H3,(H,14,16)(H,15,17,18). The van der Waals surface area contributed by atoms with Crippen LogP contribution in [0.2, 0.25) is 0 Å². The molecule has 2 aromatic heterocycles. The van der Waals surface area contributed by atoms with Gasteiger partial charge in [0.1, 0.15) is 16.2 Å². The molecule has 0 unspecified atom stereocenters. The first kappa shape index (κ1) is 13.0. The number of nitrogens with zero attached hydrogens (tertiary/aromatic N) is 3. The maximum atomic E-state index is 4.46. The molecule has 0 saturated heterocycles. The van der Waals surface area contributed by atoms with Gasteiger partial charge in [-0.25, -0.2) is 15.0 Å². The third-order valence-corrected chi connectivity index (χ3v) is 2.88. The summed E-state index contributed by atoms with van der Waals surface area (Å²) >= 11 is 3.41. The molecule has 0 aliphatic heterocycles. The molecule has 6 heteroatoms. The van der Waals surface area contributed by atoms with Gasteiger partial charge in [0.25, 0.3) is 0 Å². The molecular formula is C12H16BrN5. The molecule has 18 heavy (non-hydrogen) atoms. The number of aryl methyl sites for hydroxylation is 1. The van der Waals surface area contributed by atoms with E-state index >= 15 is 0 Å². The first-order chi connectivity index (χ1) is 8.78. The van der Waals surface area contributed by atoms with Crippen molar-refractivity contribution in [2.75, 3.05) is 11.9 Å². The van der Waals surface area contributed by atoms with Crippen LogP contribution in [0.5, 0.6) is 0 Å². The van der Waals surface area contributed by atoms with Crippen molar-refractivity contribution in [1.82, 2.24) is 19.9 Å². The molecule has 0 bridgehead atoms. The highest BCUT2D eigenvalue weighted by Crippen LogP contribution is 2.13. The number of anilines is 1. The number of hydrogen-bond acceptors (Lipinski definition) is 4. The van der Waals surface area contributed by atoms with Crippen LogP contribution in [0.3, 0.4) is 0 Å². The van der Waals surface area contributed by atoms with E-state index in [1.807, 2.05) is 12.3 Å². The summed E-state index contributed by atoms with van der Waals surface area (Å²) in [5.41, 5.74) is 1.12. The smallest absolute Gasteiger partial charge is 0.132 e. The van der Waals surface area contributed by atoms with Gasteiger partial charge in [-0.2, -0.15) is 0 Å². The van der Waals surface area contributed by atoms with Crippen LogP contribution in [0, 0.1) is 0 Å². The molecular weight excluding hydrogens is 294 g/mol. The van der Waals surface area contributed by atoms with Crippen molar-refractivity contribution in [3.8, 4) is 0 Å². The van der Waals surface area contributed by atoms with Crippen LogP contribution in [-0.4, -0.2) is 26.5 Å². The number of rotatable bonds is 6. The average molecular weight is 310 g/mol. The summed E-state index contributed by atoms with van der Waals surface area (Å²) in [6.07, 6.45) is 6.36. The van der Waals surface area contributed by atoms with Gasteiger partial charge in [0.15, 0.2) is 0 Å². The molecule has 5 nitrogen and oxygen atoms in total. The van der Waals surface area contributed by atoms with Gasteiger partial charge in [-0.3, -0.25) is 0 Å². The van der Waals surface area contributed by atoms with Gasteiger partial charge in [-0.1, -0.05) is 6.92 Å². The molecule has 2 N–H and O–H groups in total. The van der Waals surface area contributed by atoms with E-state index in [4.69, 9.17) is 0 Å². The number of H-pyrrole nitrogens is 1. The van der Waals surface area contributed by atoms with Crippen LogP contribution in [0.4, 0.5) is 5.82 Å². The summed E-state index contributed by atoms with van der Waals surface area (Å²) in [6, 6.07) is 1.89. The highest BCUT2D eigenvalue weighted by molar-refractivity contribution is 9.10. The zero-order chi connectivity index (χ0) is 12.8. The van der Waals surface area contributed by atoms with Gasteiger partial charge in [0.2, 0.25) is 0 Å². The molecule has 0 spiro atoms. The van der Waals surface area contributed by atoms with Crippen molar-refractivity contribution in [1.29, 1.82) is 0 Å². The van der Waals surface area contributed by atoms with Crippen molar-refractivity contribution >= 4 is 21.7 Å². The Labute approximate surface area is 115 Å². The van der Waals surface area contributed by atoms with E-state index in [-0.39, 0.29) is 0 Å². The van der Waals surface area contributed by atoms with Crippen molar-refractivity contribution < 1.29 is 0 Å². The molecule has 0 fully saturated rings. The lowest BCUT2D eigenvalue weighted by Gasteiger charge is -2.07. The van der Waals surface area contributed by atoms with Crippen LogP contribution in [-0.2, 0) is 12.8 Å². The number of nitrogens with one attached hydrogen (secondary N) is 2. The van der Waals surface area contributed by atoms with Gasteiger partial charge in [0.05, 0.1) is 6.33 Å². The second-order valence-electron chi connectivity index (χ2n) is 4.00. The van der Waals surface area contributed by atoms with Crippen molar-refractivity contribution in [2.24, 2.45) is 0 Å². The lowest BCUT2D eigenvalue weighted by molar-refractivity contribution is 0.827. The number of hydrogen-bond donors (Lipinski definition) is 2. The predicted molar refractivity (Wildman–Crippen MR) is 74.5 cm³/mol. The number of aromatic nitrogens is 4.